The molecule has 1 nitrogen and oxygen atoms in total. The molecule has 1 rings (SSSR count). The van der Waals surface area contributed by atoms with Gasteiger partial charge in [0.1, 0.15) is 0 Å². The number of rotatable bonds is 0. The van der Waals surface area contributed by atoms with Crippen molar-refractivity contribution >= 4 is 11.9 Å². The summed E-state index contributed by atoms with van der Waals surface area (Å²) in [5, 5.41) is 2.12. The molecule has 1 aliphatic heterocycles. The second-order valence-corrected chi connectivity index (χ2v) is 2.16. The van der Waals surface area contributed by atoms with Crippen molar-refractivity contribution in [2.75, 3.05) is 6.54 Å². The SMILES string of the molecule is CC1=CSNC1. The number of nitrogens with one attached hydrogen (secondary N) is 1. The van der Waals surface area contributed by atoms with Crippen LogP contribution in [0.25, 0.3) is 0 Å². The van der Waals surface area contributed by atoms with Gasteiger partial charge in [0, 0.05) is 6.54 Å². The van der Waals surface area contributed by atoms with Crippen LogP contribution < -0.4 is 4.72 Å². The minimum absolute atomic E-state index is 1.06. The van der Waals surface area contributed by atoms with Crippen LogP contribution in [0.2, 0.25) is 0 Å². The summed E-state index contributed by atoms with van der Waals surface area (Å²) in [4.78, 5) is 0. The summed E-state index contributed by atoms with van der Waals surface area (Å²) >= 11 is 1.67. The zero-order valence-corrected chi connectivity index (χ0v) is 4.51. The molecule has 0 saturated carbocycles. The van der Waals surface area contributed by atoms with E-state index < -0.39 is 0 Å². The van der Waals surface area contributed by atoms with Gasteiger partial charge < -0.3 is 0 Å². The van der Waals surface area contributed by atoms with E-state index in [1.165, 1.54) is 5.57 Å². The second kappa shape index (κ2) is 1.67. The minimum Gasteiger partial charge on any atom is -0.256 e. The standard InChI is InChI=1S/C4H7NS/c1-4-2-5-6-3-4/h3,5H,2H2,1H3. The molecule has 1 N–H and O–H groups in total. The minimum atomic E-state index is 1.06. The molecular formula is C4H7NS. The Morgan fingerprint density at radius 2 is 2.83 bits per heavy atom. The average Bonchev–Trinajstić information content (AvgIpc) is 1.86. The lowest BCUT2D eigenvalue weighted by atomic mass is 10.4. The Morgan fingerprint density at radius 3 is 3.00 bits per heavy atom. The molecule has 6 heavy (non-hydrogen) atoms. The van der Waals surface area contributed by atoms with Crippen molar-refractivity contribution in [3.05, 3.63) is 11.0 Å². The Morgan fingerprint density at radius 1 is 2.00 bits per heavy atom. The fourth-order valence-corrected chi connectivity index (χ4v) is 1.02. The lowest BCUT2D eigenvalue weighted by Crippen LogP contribution is -1.96. The van der Waals surface area contributed by atoms with Crippen LogP contribution in [0.3, 0.4) is 0 Å². The van der Waals surface area contributed by atoms with E-state index in [4.69, 9.17) is 0 Å². The maximum absolute atomic E-state index is 3.10. The van der Waals surface area contributed by atoms with E-state index in [2.05, 4.69) is 17.1 Å². The average molecular weight is 101 g/mol. The summed E-state index contributed by atoms with van der Waals surface area (Å²) < 4.78 is 3.10. The topological polar surface area (TPSA) is 12.0 Å². The van der Waals surface area contributed by atoms with Crippen molar-refractivity contribution in [2.24, 2.45) is 0 Å². The first-order chi connectivity index (χ1) is 2.89. The highest BCUT2D eigenvalue weighted by atomic mass is 32.2. The van der Waals surface area contributed by atoms with Crippen molar-refractivity contribution in [3.63, 3.8) is 0 Å². The highest BCUT2D eigenvalue weighted by Gasteiger charge is 1.94. The van der Waals surface area contributed by atoms with Gasteiger partial charge in [-0.1, -0.05) is 17.5 Å². The highest BCUT2D eigenvalue weighted by Crippen LogP contribution is 2.08. The van der Waals surface area contributed by atoms with Crippen molar-refractivity contribution in [1.82, 2.24) is 4.72 Å². The molecule has 0 unspecified atom stereocenters. The van der Waals surface area contributed by atoms with E-state index >= 15 is 0 Å². The van der Waals surface area contributed by atoms with Crippen molar-refractivity contribution in [1.29, 1.82) is 0 Å². The molecule has 0 aromatic rings. The van der Waals surface area contributed by atoms with Crippen LogP contribution >= 0.6 is 11.9 Å². The first-order valence-corrected chi connectivity index (χ1v) is 2.82. The lowest BCUT2D eigenvalue weighted by molar-refractivity contribution is 1.08. The predicted molar refractivity (Wildman–Crippen MR) is 29.4 cm³/mol. The molecule has 0 radical (unpaired) electrons. The van der Waals surface area contributed by atoms with Crippen LogP contribution in [-0.2, 0) is 0 Å². The van der Waals surface area contributed by atoms with Crippen LogP contribution in [0.4, 0.5) is 0 Å². The Kier molecular flexibility index (Phi) is 1.17. The molecule has 0 bridgehead atoms. The third-order valence-electron chi connectivity index (χ3n) is 0.694. The molecule has 0 aliphatic carbocycles. The van der Waals surface area contributed by atoms with Crippen LogP contribution in [0.1, 0.15) is 6.92 Å². The summed E-state index contributed by atoms with van der Waals surface area (Å²) in [7, 11) is 0. The van der Waals surface area contributed by atoms with Gasteiger partial charge >= 0.3 is 0 Å². The molecular weight excluding hydrogens is 94.1 g/mol. The van der Waals surface area contributed by atoms with Gasteiger partial charge in [-0.25, -0.2) is 0 Å². The third-order valence-corrected chi connectivity index (χ3v) is 1.53. The van der Waals surface area contributed by atoms with Gasteiger partial charge in [-0.2, -0.15) is 0 Å². The fourth-order valence-electron chi connectivity index (χ4n) is 0.339. The molecule has 1 aliphatic rings. The Labute approximate surface area is 41.9 Å². The van der Waals surface area contributed by atoms with Crippen LogP contribution in [-0.4, -0.2) is 6.54 Å². The van der Waals surface area contributed by atoms with Gasteiger partial charge in [0.05, 0.1) is 0 Å². The van der Waals surface area contributed by atoms with Gasteiger partial charge in [-0.3, -0.25) is 4.72 Å². The van der Waals surface area contributed by atoms with Crippen LogP contribution in [0.15, 0.2) is 11.0 Å². The summed E-state index contributed by atoms with van der Waals surface area (Å²) in [5.41, 5.74) is 1.43. The normalized spacial score (nSPS) is 21.2. The monoisotopic (exact) mass is 101 g/mol. The summed E-state index contributed by atoms with van der Waals surface area (Å²) in [6, 6.07) is 0. The van der Waals surface area contributed by atoms with Gasteiger partial charge in [0.15, 0.2) is 0 Å². The predicted octanol–water partition coefficient (Wildman–Crippen LogP) is 1.14. The van der Waals surface area contributed by atoms with Crippen molar-refractivity contribution < 1.29 is 0 Å². The number of hydrogen-bond acceptors (Lipinski definition) is 2. The summed E-state index contributed by atoms with van der Waals surface area (Å²) in [5.74, 6) is 0. The second-order valence-electron chi connectivity index (χ2n) is 1.40. The van der Waals surface area contributed by atoms with Gasteiger partial charge in [-0.05, 0) is 12.3 Å². The Balaban J connectivity index is 2.45. The molecule has 34 valence electrons. The first-order valence-electron chi connectivity index (χ1n) is 1.94. The molecule has 1 heterocycles. The van der Waals surface area contributed by atoms with E-state index in [1.54, 1.807) is 11.9 Å². The smallest absolute Gasteiger partial charge is 0.0278 e. The van der Waals surface area contributed by atoms with Crippen molar-refractivity contribution in [3.8, 4) is 0 Å². The van der Waals surface area contributed by atoms with E-state index in [9.17, 15) is 0 Å². The molecule has 0 aromatic heterocycles. The molecule has 0 aromatic carbocycles. The van der Waals surface area contributed by atoms with E-state index in [0.29, 0.717) is 0 Å². The zero-order valence-electron chi connectivity index (χ0n) is 3.69. The molecule has 0 atom stereocenters. The van der Waals surface area contributed by atoms with E-state index in [1.807, 2.05) is 0 Å². The van der Waals surface area contributed by atoms with Gasteiger partial charge in [0.2, 0.25) is 0 Å². The molecule has 0 spiro atoms. The Bertz CT molecular complexity index is 77.6. The van der Waals surface area contributed by atoms with Crippen molar-refractivity contribution in [2.45, 2.75) is 6.92 Å². The van der Waals surface area contributed by atoms with Crippen LogP contribution in [0.5, 0.6) is 0 Å². The van der Waals surface area contributed by atoms with E-state index in [-0.39, 0.29) is 0 Å². The third kappa shape index (κ3) is 0.758. The Hall–Kier alpha value is 0.0500. The van der Waals surface area contributed by atoms with Crippen LogP contribution in [0, 0.1) is 0 Å². The molecule has 0 saturated heterocycles. The maximum Gasteiger partial charge on any atom is 0.0278 e. The number of hydrogen-bond donors (Lipinski definition) is 1. The molecule has 0 amide bonds. The first kappa shape index (κ1) is 4.22. The fraction of sp³-hybridized carbons (Fsp3) is 0.500. The maximum atomic E-state index is 3.10. The molecule has 0 fully saturated rings. The van der Waals surface area contributed by atoms with E-state index in [0.717, 1.165) is 6.54 Å². The quantitative estimate of drug-likeness (QED) is 0.459. The lowest BCUT2D eigenvalue weighted by Gasteiger charge is -1.81. The molecule has 2 heteroatoms. The summed E-state index contributed by atoms with van der Waals surface area (Å²) in [6.07, 6.45) is 0. The zero-order chi connectivity index (χ0) is 4.41. The van der Waals surface area contributed by atoms with Gasteiger partial charge in [0.25, 0.3) is 0 Å². The largest absolute Gasteiger partial charge is 0.256 e. The highest BCUT2D eigenvalue weighted by molar-refractivity contribution is 8.00. The van der Waals surface area contributed by atoms with Gasteiger partial charge in [-0.15, -0.1) is 0 Å². The summed E-state index contributed by atoms with van der Waals surface area (Å²) in [6.45, 7) is 3.18.